The summed E-state index contributed by atoms with van der Waals surface area (Å²) >= 11 is 0. The molecule has 0 spiro atoms. The van der Waals surface area contributed by atoms with Crippen LogP contribution in [-0.2, 0) is 16.6 Å². The van der Waals surface area contributed by atoms with Gasteiger partial charge in [-0.15, -0.1) is 0 Å². The van der Waals surface area contributed by atoms with Crippen molar-refractivity contribution >= 4 is 10.0 Å². The van der Waals surface area contributed by atoms with Crippen molar-refractivity contribution in [3.05, 3.63) is 29.3 Å². The molecule has 0 amide bonds. The van der Waals surface area contributed by atoms with Crippen LogP contribution in [0.4, 0.5) is 0 Å². The minimum absolute atomic E-state index is 0.348. The molecule has 0 saturated heterocycles. The van der Waals surface area contributed by atoms with E-state index in [1.54, 1.807) is 16.4 Å². The highest BCUT2D eigenvalue weighted by molar-refractivity contribution is 7.89. The first-order valence-electron chi connectivity index (χ1n) is 7.28. The third-order valence-electron chi connectivity index (χ3n) is 3.50. The van der Waals surface area contributed by atoms with E-state index in [1.807, 2.05) is 38.9 Å². The second kappa shape index (κ2) is 7.89. The van der Waals surface area contributed by atoms with Crippen LogP contribution in [0, 0.1) is 6.92 Å². The van der Waals surface area contributed by atoms with Crippen molar-refractivity contribution in [1.82, 2.24) is 9.21 Å². The van der Waals surface area contributed by atoms with Gasteiger partial charge in [0.2, 0.25) is 10.0 Å². The van der Waals surface area contributed by atoms with Crippen molar-refractivity contribution in [3.8, 4) is 0 Å². The molecule has 21 heavy (non-hydrogen) atoms. The van der Waals surface area contributed by atoms with Crippen molar-refractivity contribution in [1.29, 1.82) is 0 Å². The lowest BCUT2D eigenvalue weighted by Gasteiger charge is -2.24. The molecule has 1 rings (SSSR count). The Bertz CT molecular complexity index is 556. The lowest BCUT2D eigenvalue weighted by molar-refractivity contribution is 0.333. The monoisotopic (exact) mass is 313 g/mol. The van der Waals surface area contributed by atoms with Gasteiger partial charge in [-0.1, -0.05) is 19.1 Å². The van der Waals surface area contributed by atoms with Crippen LogP contribution in [0.3, 0.4) is 0 Å². The number of benzene rings is 1. The van der Waals surface area contributed by atoms with Gasteiger partial charge in [-0.3, -0.25) is 0 Å². The Morgan fingerprint density at radius 3 is 2.33 bits per heavy atom. The standard InChI is InChI=1S/C15H27N3O2S/c1-5-9-18(11-10-17(3)4)21(19,20)15-8-6-7-14(12-16)13(15)2/h6-8H,5,9-12,16H2,1-4H3. The molecule has 0 aliphatic heterocycles. The number of rotatable bonds is 8. The first-order valence-corrected chi connectivity index (χ1v) is 8.72. The van der Waals surface area contributed by atoms with Gasteiger partial charge in [-0.2, -0.15) is 4.31 Å². The summed E-state index contributed by atoms with van der Waals surface area (Å²) in [6, 6.07) is 5.30. The Morgan fingerprint density at radius 2 is 1.81 bits per heavy atom. The molecule has 0 atom stereocenters. The SMILES string of the molecule is CCCN(CCN(C)C)S(=O)(=O)c1cccc(CN)c1C. The van der Waals surface area contributed by atoms with Crippen molar-refractivity contribution in [2.24, 2.45) is 5.73 Å². The zero-order valence-electron chi connectivity index (χ0n) is 13.5. The smallest absolute Gasteiger partial charge is 0.243 e. The summed E-state index contributed by atoms with van der Waals surface area (Å²) in [5.74, 6) is 0. The number of sulfonamides is 1. The predicted molar refractivity (Wildman–Crippen MR) is 86.7 cm³/mol. The summed E-state index contributed by atoms with van der Waals surface area (Å²) in [6.07, 6.45) is 0.794. The fraction of sp³-hybridized carbons (Fsp3) is 0.600. The molecule has 1 aromatic rings. The average molecular weight is 313 g/mol. The summed E-state index contributed by atoms with van der Waals surface area (Å²) in [7, 11) is 0.412. The number of nitrogens with two attached hydrogens (primary N) is 1. The average Bonchev–Trinajstić information content (AvgIpc) is 2.43. The number of hydrogen-bond donors (Lipinski definition) is 1. The van der Waals surface area contributed by atoms with Gasteiger partial charge in [0.05, 0.1) is 4.90 Å². The van der Waals surface area contributed by atoms with Crippen LogP contribution in [0.2, 0.25) is 0 Å². The zero-order valence-corrected chi connectivity index (χ0v) is 14.3. The topological polar surface area (TPSA) is 66.6 Å². The largest absolute Gasteiger partial charge is 0.326 e. The number of likely N-dealkylation sites (N-methyl/N-ethyl adjacent to an activating group) is 1. The molecule has 120 valence electrons. The van der Waals surface area contributed by atoms with Gasteiger partial charge in [-0.05, 0) is 44.6 Å². The molecule has 1 aromatic carbocycles. The van der Waals surface area contributed by atoms with Crippen LogP contribution < -0.4 is 5.73 Å². The lowest BCUT2D eigenvalue weighted by Crippen LogP contribution is -2.37. The molecule has 0 aliphatic carbocycles. The molecule has 0 radical (unpaired) electrons. The Kier molecular flexibility index (Phi) is 6.80. The molecule has 0 unspecified atom stereocenters. The molecule has 6 heteroatoms. The molecule has 2 N–H and O–H groups in total. The van der Waals surface area contributed by atoms with Crippen molar-refractivity contribution < 1.29 is 8.42 Å². The van der Waals surface area contributed by atoms with Gasteiger partial charge in [0, 0.05) is 26.2 Å². The number of hydrogen-bond acceptors (Lipinski definition) is 4. The third kappa shape index (κ3) is 4.51. The highest BCUT2D eigenvalue weighted by atomic mass is 32.2. The summed E-state index contributed by atoms with van der Waals surface area (Å²) in [5.41, 5.74) is 7.31. The number of nitrogens with zero attached hydrogens (tertiary/aromatic N) is 2. The van der Waals surface area contributed by atoms with E-state index < -0.39 is 10.0 Å². The first kappa shape index (κ1) is 18.1. The fourth-order valence-electron chi connectivity index (χ4n) is 2.21. The summed E-state index contributed by atoms with van der Waals surface area (Å²) < 4.78 is 27.3. The van der Waals surface area contributed by atoms with E-state index >= 15 is 0 Å². The Labute approximate surface area is 128 Å². The molecule has 0 fully saturated rings. The third-order valence-corrected chi connectivity index (χ3v) is 5.55. The molecule has 5 nitrogen and oxygen atoms in total. The van der Waals surface area contributed by atoms with Gasteiger partial charge >= 0.3 is 0 Å². The van der Waals surface area contributed by atoms with E-state index in [0.717, 1.165) is 17.5 Å². The second-order valence-electron chi connectivity index (χ2n) is 5.45. The molecule has 0 aromatic heterocycles. The molecular weight excluding hydrogens is 286 g/mol. The lowest BCUT2D eigenvalue weighted by atomic mass is 10.1. The van der Waals surface area contributed by atoms with Gasteiger partial charge in [0.1, 0.15) is 0 Å². The normalized spacial score (nSPS) is 12.3. The van der Waals surface area contributed by atoms with Crippen LogP contribution in [0.1, 0.15) is 24.5 Å². The Hall–Kier alpha value is -0.950. The summed E-state index contributed by atoms with van der Waals surface area (Å²) in [6.45, 7) is 5.89. The van der Waals surface area contributed by atoms with Gasteiger partial charge in [-0.25, -0.2) is 8.42 Å². The maximum atomic E-state index is 12.9. The minimum atomic E-state index is -3.47. The molecule has 0 aliphatic rings. The fourth-order valence-corrected chi connectivity index (χ4v) is 4.00. The quantitative estimate of drug-likeness (QED) is 0.788. The van der Waals surface area contributed by atoms with Crippen molar-refractivity contribution in [2.75, 3.05) is 33.7 Å². The van der Waals surface area contributed by atoms with Crippen LogP contribution in [0.15, 0.2) is 23.1 Å². The van der Waals surface area contributed by atoms with Crippen LogP contribution in [0.25, 0.3) is 0 Å². The van der Waals surface area contributed by atoms with E-state index in [0.29, 0.717) is 31.1 Å². The highest BCUT2D eigenvalue weighted by Crippen LogP contribution is 2.22. The summed E-state index contributed by atoms with van der Waals surface area (Å²) in [4.78, 5) is 2.36. The zero-order chi connectivity index (χ0) is 16.0. The van der Waals surface area contributed by atoms with Crippen molar-refractivity contribution in [2.45, 2.75) is 31.7 Å². The highest BCUT2D eigenvalue weighted by Gasteiger charge is 2.25. The van der Waals surface area contributed by atoms with Crippen molar-refractivity contribution in [3.63, 3.8) is 0 Å². The van der Waals surface area contributed by atoms with E-state index in [2.05, 4.69) is 0 Å². The van der Waals surface area contributed by atoms with E-state index in [4.69, 9.17) is 5.73 Å². The van der Waals surface area contributed by atoms with Gasteiger partial charge in [0.25, 0.3) is 0 Å². The van der Waals surface area contributed by atoms with Crippen LogP contribution >= 0.6 is 0 Å². The van der Waals surface area contributed by atoms with Gasteiger partial charge in [0.15, 0.2) is 0 Å². The second-order valence-corrected chi connectivity index (χ2v) is 7.36. The molecule has 0 heterocycles. The summed E-state index contributed by atoms with van der Waals surface area (Å²) in [5, 5.41) is 0. The molecular formula is C15H27N3O2S. The maximum Gasteiger partial charge on any atom is 0.243 e. The van der Waals surface area contributed by atoms with E-state index in [-0.39, 0.29) is 0 Å². The van der Waals surface area contributed by atoms with Gasteiger partial charge < -0.3 is 10.6 Å². The molecule has 0 saturated carbocycles. The Balaban J connectivity index is 3.16. The molecule has 0 bridgehead atoms. The van der Waals surface area contributed by atoms with E-state index in [1.165, 1.54) is 0 Å². The van der Waals surface area contributed by atoms with Crippen LogP contribution in [0.5, 0.6) is 0 Å². The minimum Gasteiger partial charge on any atom is -0.326 e. The maximum absolute atomic E-state index is 12.9. The van der Waals surface area contributed by atoms with E-state index in [9.17, 15) is 8.42 Å². The predicted octanol–water partition coefficient (Wildman–Crippen LogP) is 1.42. The van der Waals surface area contributed by atoms with Crippen LogP contribution in [-0.4, -0.2) is 51.4 Å². The first-order chi connectivity index (χ1) is 9.84. The Morgan fingerprint density at radius 1 is 1.14 bits per heavy atom.